The Bertz CT molecular complexity index is 600. The highest BCUT2D eigenvalue weighted by molar-refractivity contribution is 5.87. The standard InChI is InChI=1S/C15H15NO3/c1-10(17)16-14(9-15(18)19)13-8-4-6-11-5-2-3-7-12(11)13/h2-8,14H,9H2,1H3,(H,16,17)(H,18,19)/t14-/m1/s1. The van der Waals surface area contributed by atoms with Crippen molar-refractivity contribution in [2.24, 2.45) is 0 Å². The molecule has 1 atom stereocenters. The van der Waals surface area contributed by atoms with E-state index in [4.69, 9.17) is 5.11 Å². The molecule has 4 nitrogen and oxygen atoms in total. The number of rotatable bonds is 4. The van der Waals surface area contributed by atoms with Gasteiger partial charge >= 0.3 is 5.97 Å². The molecule has 2 aromatic carbocycles. The third kappa shape index (κ3) is 3.10. The van der Waals surface area contributed by atoms with E-state index in [2.05, 4.69) is 5.32 Å². The average Bonchev–Trinajstić information content (AvgIpc) is 2.36. The van der Waals surface area contributed by atoms with Crippen LogP contribution in [0, 0.1) is 0 Å². The SMILES string of the molecule is CC(=O)N[C@H](CC(=O)O)c1cccc2ccccc12. The first-order chi connectivity index (χ1) is 9.08. The van der Waals surface area contributed by atoms with Crippen LogP contribution in [0.3, 0.4) is 0 Å². The summed E-state index contributed by atoms with van der Waals surface area (Å²) < 4.78 is 0. The lowest BCUT2D eigenvalue weighted by Crippen LogP contribution is -2.28. The van der Waals surface area contributed by atoms with Crippen molar-refractivity contribution in [3.8, 4) is 0 Å². The van der Waals surface area contributed by atoms with Gasteiger partial charge in [-0.25, -0.2) is 0 Å². The molecule has 0 fully saturated rings. The Morgan fingerprint density at radius 2 is 1.84 bits per heavy atom. The summed E-state index contributed by atoms with van der Waals surface area (Å²) in [5, 5.41) is 13.7. The minimum atomic E-state index is -0.938. The highest BCUT2D eigenvalue weighted by Gasteiger charge is 2.18. The number of carbonyl (C=O) groups excluding carboxylic acids is 1. The number of nitrogens with one attached hydrogen (secondary N) is 1. The molecule has 19 heavy (non-hydrogen) atoms. The number of benzene rings is 2. The highest BCUT2D eigenvalue weighted by Crippen LogP contribution is 2.26. The molecule has 0 aliphatic heterocycles. The molecule has 0 bridgehead atoms. The molecule has 0 heterocycles. The lowest BCUT2D eigenvalue weighted by Gasteiger charge is -2.18. The maximum atomic E-state index is 11.2. The molecule has 0 aliphatic carbocycles. The third-order valence-electron chi connectivity index (χ3n) is 2.96. The molecule has 0 saturated heterocycles. The van der Waals surface area contributed by atoms with Gasteiger partial charge in [0.05, 0.1) is 12.5 Å². The van der Waals surface area contributed by atoms with Gasteiger partial charge in [0, 0.05) is 6.92 Å². The topological polar surface area (TPSA) is 66.4 Å². The zero-order valence-corrected chi connectivity index (χ0v) is 10.6. The van der Waals surface area contributed by atoms with Crippen LogP contribution in [0.5, 0.6) is 0 Å². The van der Waals surface area contributed by atoms with E-state index in [0.717, 1.165) is 16.3 Å². The van der Waals surface area contributed by atoms with Gasteiger partial charge in [0.25, 0.3) is 0 Å². The molecule has 1 amide bonds. The molecule has 0 unspecified atom stereocenters. The minimum Gasteiger partial charge on any atom is -0.481 e. The van der Waals surface area contributed by atoms with Crippen molar-refractivity contribution in [2.75, 3.05) is 0 Å². The number of hydrogen-bond donors (Lipinski definition) is 2. The number of fused-ring (bicyclic) bond motifs is 1. The second-order valence-electron chi connectivity index (χ2n) is 4.42. The van der Waals surface area contributed by atoms with E-state index in [0.29, 0.717) is 0 Å². The number of carbonyl (C=O) groups is 2. The maximum Gasteiger partial charge on any atom is 0.305 e. The summed E-state index contributed by atoms with van der Waals surface area (Å²) >= 11 is 0. The van der Waals surface area contributed by atoms with Crippen molar-refractivity contribution >= 4 is 22.6 Å². The van der Waals surface area contributed by atoms with Crippen LogP contribution in [0.25, 0.3) is 10.8 Å². The third-order valence-corrected chi connectivity index (χ3v) is 2.96. The van der Waals surface area contributed by atoms with Crippen molar-refractivity contribution in [3.05, 3.63) is 48.0 Å². The fraction of sp³-hybridized carbons (Fsp3) is 0.200. The van der Waals surface area contributed by atoms with E-state index in [1.54, 1.807) is 0 Å². The van der Waals surface area contributed by atoms with Gasteiger partial charge in [-0.3, -0.25) is 9.59 Å². The van der Waals surface area contributed by atoms with Gasteiger partial charge in [-0.05, 0) is 16.3 Å². The molecule has 98 valence electrons. The normalized spacial score (nSPS) is 12.1. The Balaban J connectivity index is 2.48. The van der Waals surface area contributed by atoms with Crippen molar-refractivity contribution < 1.29 is 14.7 Å². The number of hydrogen-bond acceptors (Lipinski definition) is 2. The Hall–Kier alpha value is -2.36. The van der Waals surface area contributed by atoms with E-state index in [1.807, 2.05) is 42.5 Å². The van der Waals surface area contributed by atoms with Gasteiger partial charge in [0.1, 0.15) is 0 Å². The first-order valence-corrected chi connectivity index (χ1v) is 6.04. The number of aliphatic carboxylic acids is 1. The van der Waals surface area contributed by atoms with Crippen LogP contribution in [0.15, 0.2) is 42.5 Å². The van der Waals surface area contributed by atoms with Gasteiger partial charge in [0.15, 0.2) is 0 Å². The Morgan fingerprint density at radius 3 is 2.53 bits per heavy atom. The smallest absolute Gasteiger partial charge is 0.305 e. The summed E-state index contributed by atoms with van der Waals surface area (Å²) in [5.74, 6) is -1.18. The van der Waals surface area contributed by atoms with E-state index in [-0.39, 0.29) is 12.3 Å². The van der Waals surface area contributed by atoms with Gasteiger partial charge in [-0.2, -0.15) is 0 Å². The summed E-state index contributed by atoms with van der Waals surface area (Å²) in [6, 6.07) is 12.9. The Labute approximate surface area is 111 Å². The summed E-state index contributed by atoms with van der Waals surface area (Å²) in [5.41, 5.74) is 0.829. The number of amides is 1. The largest absolute Gasteiger partial charge is 0.481 e. The fourth-order valence-corrected chi connectivity index (χ4v) is 2.21. The predicted molar refractivity (Wildman–Crippen MR) is 72.8 cm³/mol. The average molecular weight is 257 g/mol. The number of carboxylic acid groups (broad SMARTS) is 1. The molecule has 0 aliphatic rings. The van der Waals surface area contributed by atoms with Crippen molar-refractivity contribution in [3.63, 3.8) is 0 Å². The van der Waals surface area contributed by atoms with E-state index in [1.165, 1.54) is 6.92 Å². The molecule has 2 aromatic rings. The second-order valence-corrected chi connectivity index (χ2v) is 4.42. The Kier molecular flexibility index (Phi) is 3.80. The van der Waals surface area contributed by atoms with Crippen molar-refractivity contribution in [1.29, 1.82) is 0 Å². The molecule has 0 aromatic heterocycles. The highest BCUT2D eigenvalue weighted by atomic mass is 16.4. The molecule has 0 spiro atoms. The zero-order valence-electron chi connectivity index (χ0n) is 10.6. The second kappa shape index (κ2) is 5.52. The maximum absolute atomic E-state index is 11.2. The molecule has 2 rings (SSSR count). The van der Waals surface area contributed by atoms with Gasteiger partial charge in [0.2, 0.25) is 5.91 Å². The molecule has 2 N–H and O–H groups in total. The molecule has 0 radical (unpaired) electrons. The summed E-state index contributed by atoms with van der Waals surface area (Å²) in [7, 11) is 0. The molecular weight excluding hydrogens is 242 g/mol. The minimum absolute atomic E-state index is 0.131. The first-order valence-electron chi connectivity index (χ1n) is 6.04. The molecule has 4 heteroatoms. The van der Waals surface area contributed by atoms with Crippen LogP contribution in [0.2, 0.25) is 0 Å². The van der Waals surface area contributed by atoms with Crippen LogP contribution < -0.4 is 5.32 Å². The van der Waals surface area contributed by atoms with Crippen LogP contribution in [-0.2, 0) is 9.59 Å². The molecule has 0 saturated carbocycles. The lowest BCUT2D eigenvalue weighted by molar-refractivity contribution is -0.137. The zero-order chi connectivity index (χ0) is 13.8. The van der Waals surface area contributed by atoms with E-state index >= 15 is 0 Å². The fourth-order valence-electron chi connectivity index (χ4n) is 2.21. The van der Waals surface area contributed by atoms with Gasteiger partial charge in [-0.15, -0.1) is 0 Å². The summed E-state index contributed by atoms with van der Waals surface area (Å²) in [6.45, 7) is 1.39. The lowest BCUT2D eigenvalue weighted by atomic mass is 9.96. The Morgan fingerprint density at radius 1 is 1.16 bits per heavy atom. The summed E-state index contributed by atoms with van der Waals surface area (Å²) in [4.78, 5) is 22.2. The van der Waals surface area contributed by atoms with Crippen LogP contribution in [0.4, 0.5) is 0 Å². The monoisotopic (exact) mass is 257 g/mol. The van der Waals surface area contributed by atoms with Crippen LogP contribution in [-0.4, -0.2) is 17.0 Å². The van der Waals surface area contributed by atoms with Crippen LogP contribution >= 0.6 is 0 Å². The van der Waals surface area contributed by atoms with Crippen molar-refractivity contribution in [2.45, 2.75) is 19.4 Å². The van der Waals surface area contributed by atoms with Crippen molar-refractivity contribution in [1.82, 2.24) is 5.32 Å². The first kappa shape index (κ1) is 13.1. The number of carboxylic acids is 1. The van der Waals surface area contributed by atoms with Crippen LogP contribution in [0.1, 0.15) is 24.9 Å². The summed E-state index contributed by atoms with van der Waals surface area (Å²) in [6.07, 6.45) is -0.131. The van der Waals surface area contributed by atoms with Gasteiger partial charge < -0.3 is 10.4 Å². The predicted octanol–water partition coefficient (Wildman–Crippen LogP) is 2.49. The quantitative estimate of drug-likeness (QED) is 0.884. The van der Waals surface area contributed by atoms with E-state index in [9.17, 15) is 9.59 Å². The molecular formula is C15H15NO3. The van der Waals surface area contributed by atoms with Gasteiger partial charge in [-0.1, -0.05) is 42.5 Å². The van der Waals surface area contributed by atoms with E-state index < -0.39 is 12.0 Å².